The van der Waals surface area contributed by atoms with E-state index in [9.17, 15) is 29.1 Å². The summed E-state index contributed by atoms with van der Waals surface area (Å²) in [6.45, 7) is 2.24. The van der Waals surface area contributed by atoms with Crippen LogP contribution in [0.25, 0.3) is 10.9 Å². The van der Waals surface area contributed by atoms with E-state index in [-0.39, 0.29) is 54.0 Å². The second-order valence-electron chi connectivity index (χ2n) is 11.3. The molecule has 3 aromatic rings. The van der Waals surface area contributed by atoms with Gasteiger partial charge in [0.15, 0.2) is 0 Å². The van der Waals surface area contributed by atoms with Crippen LogP contribution in [0, 0.1) is 11.6 Å². The SMILES string of the molecule is CC(=O)NC[C@H]1CN(c2ccc(NC(=O)C3CN(c4cc5c(cc4F)c(=O)c(C(=O)O)cn5C4CC4)CCN3)c(F)c2)C(=O)O1. The number of carboxylic acids is 1. The molecule has 3 amide bonds. The third kappa shape index (κ3) is 6.02. The molecule has 15 heteroatoms. The van der Waals surface area contributed by atoms with Crippen molar-refractivity contribution >= 4 is 51.8 Å². The van der Waals surface area contributed by atoms with Crippen LogP contribution in [0.2, 0.25) is 0 Å². The second-order valence-corrected chi connectivity index (χ2v) is 11.3. The molecular weight excluding hydrogens is 594 g/mol. The van der Waals surface area contributed by atoms with Crippen LogP contribution in [-0.2, 0) is 14.3 Å². The van der Waals surface area contributed by atoms with Gasteiger partial charge < -0.3 is 35.3 Å². The van der Waals surface area contributed by atoms with Crippen molar-refractivity contribution in [1.82, 2.24) is 15.2 Å². The predicted octanol–water partition coefficient (Wildman–Crippen LogP) is 2.19. The van der Waals surface area contributed by atoms with Crippen molar-refractivity contribution in [3.05, 3.63) is 63.9 Å². The van der Waals surface area contributed by atoms with Gasteiger partial charge >= 0.3 is 12.1 Å². The molecule has 236 valence electrons. The Hall–Kier alpha value is -5.05. The molecule has 0 bridgehead atoms. The first-order valence-corrected chi connectivity index (χ1v) is 14.4. The quantitative estimate of drug-likeness (QED) is 0.294. The standard InChI is InChI=1S/C30H30F2N6O7/c1-15(39)34-11-18-12-38(30(44)45-18)17-4-5-23(21(31)8-17)35-28(41)24-14-36(7-6-33-24)26-10-25-19(9-22(26)32)27(40)20(29(42)43)13-37(25)16-2-3-16/h4-5,8-10,13,16,18,24,33H,2-3,6-7,11-12,14H2,1H3,(H,34,39)(H,35,41)(H,42,43)/t18-,24?/m0/s1. The Balaban J connectivity index is 1.17. The highest BCUT2D eigenvalue weighted by atomic mass is 19.1. The molecular formula is C30H30F2N6O7. The number of anilines is 3. The highest BCUT2D eigenvalue weighted by Gasteiger charge is 2.34. The summed E-state index contributed by atoms with van der Waals surface area (Å²) in [4.78, 5) is 63.9. The summed E-state index contributed by atoms with van der Waals surface area (Å²) in [5, 5.41) is 17.6. The van der Waals surface area contributed by atoms with Crippen LogP contribution in [-0.4, -0.2) is 78.4 Å². The molecule has 2 aromatic carbocycles. The number of amides is 3. The van der Waals surface area contributed by atoms with Crippen LogP contribution < -0.4 is 31.2 Å². The van der Waals surface area contributed by atoms with Crippen molar-refractivity contribution < 1.29 is 37.8 Å². The first-order valence-electron chi connectivity index (χ1n) is 14.4. The number of carbonyl (C=O) groups is 4. The molecule has 3 heterocycles. The van der Waals surface area contributed by atoms with E-state index in [0.717, 1.165) is 25.0 Å². The van der Waals surface area contributed by atoms with Gasteiger partial charge in [0.1, 0.15) is 29.3 Å². The monoisotopic (exact) mass is 624 g/mol. The van der Waals surface area contributed by atoms with Crippen LogP contribution in [0.4, 0.5) is 30.6 Å². The lowest BCUT2D eigenvalue weighted by Gasteiger charge is -2.35. The predicted molar refractivity (Wildman–Crippen MR) is 159 cm³/mol. The van der Waals surface area contributed by atoms with Crippen molar-refractivity contribution in [2.24, 2.45) is 0 Å². The summed E-state index contributed by atoms with van der Waals surface area (Å²) in [6.07, 6.45) is 1.62. The van der Waals surface area contributed by atoms with Gasteiger partial charge in [0.25, 0.3) is 0 Å². The fraction of sp³-hybridized carbons (Fsp3) is 0.367. The fourth-order valence-electron chi connectivity index (χ4n) is 5.64. The molecule has 2 atom stereocenters. The van der Waals surface area contributed by atoms with Crippen molar-refractivity contribution in [2.75, 3.05) is 47.8 Å². The molecule has 0 radical (unpaired) electrons. The molecule has 45 heavy (non-hydrogen) atoms. The molecule has 1 aliphatic carbocycles. The van der Waals surface area contributed by atoms with Crippen LogP contribution >= 0.6 is 0 Å². The maximum absolute atomic E-state index is 15.4. The van der Waals surface area contributed by atoms with Crippen LogP contribution in [0.5, 0.6) is 0 Å². The van der Waals surface area contributed by atoms with Gasteiger partial charge in [0.05, 0.1) is 35.7 Å². The first-order chi connectivity index (χ1) is 21.5. The maximum Gasteiger partial charge on any atom is 0.414 e. The number of hydrogen-bond donors (Lipinski definition) is 4. The van der Waals surface area contributed by atoms with Gasteiger partial charge in [-0.3, -0.25) is 19.3 Å². The number of nitrogens with one attached hydrogen (secondary N) is 3. The minimum atomic E-state index is -1.38. The molecule has 4 N–H and O–H groups in total. The summed E-state index contributed by atoms with van der Waals surface area (Å²) in [5.41, 5.74) is -0.527. The van der Waals surface area contributed by atoms with Gasteiger partial charge in [0.2, 0.25) is 17.2 Å². The average Bonchev–Trinajstić information content (AvgIpc) is 3.78. The number of halogens is 2. The number of nitrogens with zero attached hydrogens (tertiary/aromatic N) is 3. The normalized spacial score (nSPS) is 19.8. The van der Waals surface area contributed by atoms with Crippen molar-refractivity contribution in [2.45, 2.75) is 38.0 Å². The number of aromatic nitrogens is 1. The molecule has 13 nitrogen and oxygen atoms in total. The number of rotatable bonds is 8. The molecule has 2 saturated heterocycles. The lowest BCUT2D eigenvalue weighted by Crippen LogP contribution is -2.56. The molecule has 1 aromatic heterocycles. The Kier molecular flexibility index (Phi) is 7.87. The number of benzene rings is 2. The van der Waals surface area contributed by atoms with Gasteiger partial charge in [0, 0.05) is 44.2 Å². The molecule has 3 aliphatic rings. The second kappa shape index (κ2) is 11.8. The molecule has 1 saturated carbocycles. The number of ether oxygens (including phenoxy) is 1. The highest BCUT2D eigenvalue weighted by Crippen LogP contribution is 2.38. The van der Waals surface area contributed by atoms with Crippen LogP contribution in [0.15, 0.2) is 41.3 Å². The van der Waals surface area contributed by atoms with Crippen LogP contribution in [0.3, 0.4) is 0 Å². The lowest BCUT2D eigenvalue weighted by atomic mass is 10.1. The minimum Gasteiger partial charge on any atom is -0.477 e. The van der Waals surface area contributed by atoms with E-state index in [0.29, 0.717) is 18.6 Å². The minimum absolute atomic E-state index is 0.00799. The topological polar surface area (TPSA) is 162 Å². The number of cyclic esters (lactones) is 1. The maximum atomic E-state index is 15.4. The fourth-order valence-corrected chi connectivity index (χ4v) is 5.64. The van der Waals surface area contributed by atoms with Crippen molar-refractivity contribution in [1.29, 1.82) is 0 Å². The number of hydrogen-bond acceptors (Lipinski definition) is 8. The average molecular weight is 625 g/mol. The Morgan fingerprint density at radius 1 is 1.09 bits per heavy atom. The van der Waals surface area contributed by atoms with E-state index in [4.69, 9.17) is 4.74 Å². The Morgan fingerprint density at radius 2 is 1.87 bits per heavy atom. The van der Waals surface area contributed by atoms with Gasteiger partial charge in [-0.2, -0.15) is 0 Å². The number of carbonyl (C=O) groups excluding carboxylic acids is 3. The zero-order chi connectivity index (χ0) is 32.0. The van der Waals surface area contributed by atoms with E-state index >= 15 is 8.78 Å². The van der Waals surface area contributed by atoms with Crippen molar-refractivity contribution in [3.63, 3.8) is 0 Å². The number of carboxylic acid groups (broad SMARTS) is 1. The smallest absolute Gasteiger partial charge is 0.414 e. The largest absolute Gasteiger partial charge is 0.477 e. The summed E-state index contributed by atoms with van der Waals surface area (Å²) < 4.78 is 37.4. The lowest BCUT2D eigenvalue weighted by molar-refractivity contribution is -0.119. The van der Waals surface area contributed by atoms with E-state index in [1.165, 1.54) is 36.2 Å². The van der Waals surface area contributed by atoms with E-state index < -0.39 is 52.7 Å². The van der Waals surface area contributed by atoms with Gasteiger partial charge in [-0.1, -0.05) is 0 Å². The first kappa shape index (κ1) is 30.0. The van der Waals surface area contributed by atoms with Gasteiger partial charge in [-0.05, 0) is 43.2 Å². The zero-order valence-electron chi connectivity index (χ0n) is 24.1. The molecule has 2 aliphatic heterocycles. The molecule has 3 fully saturated rings. The number of aromatic carboxylic acids is 1. The van der Waals surface area contributed by atoms with E-state index in [1.54, 1.807) is 9.47 Å². The zero-order valence-corrected chi connectivity index (χ0v) is 24.1. The Morgan fingerprint density at radius 3 is 2.56 bits per heavy atom. The molecule has 6 rings (SSSR count). The highest BCUT2D eigenvalue weighted by molar-refractivity contribution is 5.97. The molecule has 0 spiro atoms. The third-order valence-corrected chi connectivity index (χ3v) is 8.08. The summed E-state index contributed by atoms with van der Waals surface area (Å²) >= 11 is 0. The number of fused-ring (bicyclic) bond motifs is 1. The third-order valence-electron chi connectivity index (χ3n) is 8.08. The summed E-state index contributed by atoms with van der Waals surface area (Å²) in [5.74, 6) is -3.74. The van der Waals surface area contributed by atoms with E-state index in [1.807, 2.05) is 0 Å². The summed E-state index contributed by atoms with van der Waals surface area (Å²) in [7, 11) is 0. The summed E-state index contributed by atoms with van der Waals surface area (Å²) in [6, 6.07) is 5.59. The Labute approximate surface area is 254 Å². The van der Waals surface area contributed by atoms with Gasteiger partial charge in [-0.25, -0.2) is 18.4 Å². The van der Waals surface area contributed by atoms with Crippen LogP contribution in [0.1, 0.15) is 36.2 Å². The molecule has 1 unspecified atom stereocenters. The van der Waals surface area contributed by atoms with Gasteiger partial charge in [-0.15, -0.1) is 0 Å². The number of pyridine rings is 1. The Bertz CT molecular complexity index is 1790. The number of piperazine rings is 1. The van der Waals surface area contributed by atoms with Crippen molar-refractivity contribution in [3.8, 4) is 0 Å². The van der Waals surface area contributed by atoms with E-state index in [2.05, 4.69) is 16.0 Å².